The smallest absolute Gasteiger partial charge is 0.271 e. The maximum atomic E-state index is 12.4. The Morgan fingerprint density at radius 2 is 1.96 bits per heavy atom. The number of nitrogens with zero attached hydrogens (tertiary/aromatic N) is 3. The summed E-state index contributed by atoms with van der Waals surface area (Å²) >= 11 is 0. The third-order valence-corrected chi connectivity index (χ3v) is 3.92. The molecule has 1 aliphatic heterocycles. The molecule has 0 N–H and O–H groups in total. The molecule has 0 aliphatic carbocycles. The highest BCUT2D eigenvalue weighted by Gasteiger charge is 2.28. The van der Waals surface area contributed by atoms with E-state index in [-0.39, 0.29) is 12.0 Å². The number of aromatic nitrogens is 1. The standard InChI is InChI=1S/C18H19N3O2/c1-21(12-9-14-7-10-19-11-8-14)18(22)16-13-17(23-20-16)15-5-3-2-4-6-15/h2-8,10-11,17H,9,12-13H2,1H3. The zero-order valence-electron chi connectivity index (χ0n) is 13.1. The van der Waals surface area contributed by atoms with Crippen LogP contribution < -0.4 is 0 Å². The second-order valence-electron chi connectivity index (χ2n) is 5.58. The van der Waals surface area contributed by atoms with E-state index in [0.717, 1.165) is 17.5 Å². The van der Waals surface area contributed by atoms with Gasteiger partial charge in [0.25, 0.3) is 5.91 Å². The Bertz CT molecular complexity index is 686. The van der Waals surface area contributed by atoms with Crippen molar-refractivity contribution in [2.24, 2.45) is 5.16 Å². The Labute approximate surface area is 135 Å². The zero-order chi connectivity index (χ0) is 16.1. The van der Waals surface area contributed by atoms with Crippen molar-refractivity contribution in [3.8, 4) is 0 Å². The molecule has 0 fully saturated rings. The van der Waals surface area contributed by atoms with E-state index >= 15 is 0 Å². The quantitative estimate of drug-likeness (QED) is 0.853. The molecule has 3 rings (SSSR count). The molecular weight excluding hydrogens is 290 g/mol. The van der Waals surface area contributed by atoms with Gasteiger partial charge >= 0.3 is 0 Å². The molecule has 0 saturated carbocycles. The summed E-state index contributed by atoms with van der Waals surface area (Å²) in [6, 6.07) is 13.8. The van der Waals surface area contributed by atoms with Crippen LogP contribution in [0, 0.1) is 0 Å². The highest BCUT2D eigenvalue weighted by atomic mass is 16.6. The summed E-state index contributed by atoms with van der Waals surface area (Å²) in [5, 5.41) is 3.98. The van der Waals surface area contributed by atoms with Crippen LogP contribution >= 0.6 is 0 Å². The predicted octanol–water partition coefficient (Wildman–Crippen LogP) is 2.60. The molecule has 1 aromatic carbocycles. The first kappa shape index (κ1) is 15.2. The molecule has 0 spiro atoms. The maximum absolute atomic E-state index is 12.4. The van der Waals surface area contributed by atoms with Gasteiger partial charge in [-0.2, -0.15) is 0 Å². The lowest BCUT2D eigenvalue weighted by Gasteiger charge is -2.16. The van der Waals surface area contributed by atoms with Gasteiger partial charge in [0.15, 0.2) is 6.10 Å². The number of pyridine rings is 1. The van der Waals surface area contributed by atoms with E-state index in [9.17, 15) is 4.79 Å². The Hall–Kier alpha value is -2.69. The number of amides is 1. The Balaban J connectivity index is 1.54. The van der Waals surface area contributed by atoms with Crippen LogP contribution in [0.1, 0.15) is 23.7 Å². The van der Waals surface area contributed by atoms with Crippen LogP contribution in [0.2, 0.25) is 0 Å². The van der Waals surface area contributed by atoms with Crippen LogP contribution in [0.5, 0.6) is 0 Å². The van der Waals surface area contributed by atoms with Crippen molar-refractivity contribution < 1.29 is 9.63 Å². The van der Waals surface area contributed by atoms with Gasteiger partial charge < -0.3 is 9.74 Å². The fourth-order valence-electron chi connectivity index (χ4n) is 2.52. The molecule has 1 atom stereocenters. The summed E-state index contributed by atoms with van der Waals surface area (Å²) < 4.78 is 0. The van der Waals surface area contributed by atoms with Gasteiger partial charge in [0, 0.05) is 32.4 Å². The van der Waals surface area contributed by atoms with E-state index in [1.54, 1.807) is 24.3 Å². The molecular formula is C18H19N3O2. The summed E-state index contributed by atoms with van der Waals surface area (Å²) in [5.41, 5.74) is 2.68. The zero-order valence-corrected chi connectivity index (χ0v) is 13.1. The van der Waals surface area contributed by atoms with E-state index < -0.39 is 0 Å². The fourth-order valence-corrected chi connectivity index (χ4v) is 2.52. The molecule has 1 aliphatic rings. The van der Waals surface area contributed by atoms with Gasteiger partial charge in [-0.3, -0.25) is 9.78 Å². The lowest BCUT2D eigenvalue weighted by atomic mass is 10.0. The number of benzene rings is 1. The van der Waals surface area contributed by atoms with Crippen molar-refractivity contribution in [1.29, 1.82) is 0 Å². The van der Waals surface area contributed by atoms with Crippen LogP contribution in [0.4, 0.5) is 0 Å². The van der Waals surface area contributed by atoms with Gasteiger partial charge in [-0.15, -0.1) is 0 Å². The SMILES string of the molecule is CN(CCc1ccncc1)C(=O)C1=NOC(c2ccccc2)C1. The van der Waals surface area contributed by atoms with Gasteiger partial charge in [0.2, 0.25) is 0 Å². The summed E-state index contributed by atoms with van der Waals surface area (Å²) in [7, 11) is 1.79. The van der Waals surface area contributed by atoms with E-state index in [1.165, 1.54) is 0 Å². The molecule has 23 heavy (non-hydrogen) atoms. The van der Waals surface area contributed by atoms with Crippen LogP contribution in [0.3, 0.4) is 0 Å². The fraction of sp³-hybridized carbons (Fsp3) is 0.278. The number of oxime groups is 1. The molecule has 2 heterocycles. The van der Waals surface area contributed by atoms with Crippen LogP contribution in [-0.4, -0.2) is 35.1 Å². The minimum absolute atomic E-state index is 0.0718. The van der Waals surface area contributed by atoms with Gasteiger partial charge in [0.05, 0.1) is 0 Å². The average molecular weight is 309 g/mol. The minimum atomic E-state index is -0.163. The topological polar surface area (TPSA) is 54.8 Å². The van der Waals surface area contributed by atoms with Gasteiger partial charge in [0.1, 0.15) is 5.71 Å². The third-order valence-electron chi connectivity index (χ3n) is 3.92. The molecule has 1 amide bonds. The summed E-state index contributed by atoms with van der Waals surface area (Å²) in [6.45, 7) is 0.637. The monoisotopic (exact) mass is 309 g/mol. The van der Waals surface area contributed by atoms with Crippen molar-refractivity contribution in [2.45, 2.75) is 18.9 Å². The van der Waals surface area contributed by atoms with Gasteiger partial charge in [-0.05, 0) is 29.7 Å². The van der Waals surface area contributed by atoms with Crippen molar-refractivity contribution >= 4 is 11.6 Å². The van der Waals surface area contributed by atoms with Gasteiger partial charge in [-0.1, -0.05) is 35.5 Å². The summed E-state index contributed by atoms with van der Waals surface area (Å²) in [6.07, 6.45) is 4.67. The average Bonchev–Trinajstić information content (AvgIpc) is 3.11. The summed E-state index contributed by atoms with van der Waals surface area (Å²) in [5.74, 6) is -0.0718. The Kier molecular flexibility index (Phi) is 4.66. The summed E-state index contributed by atoms with van der Waals surface area (Å²) in [4.78, 5) is 23.5. The molecule has 0 saturated heterocycles. The lowest BCUT2D eigenvalue weighted by molar-refractivity contribution is -0.123. The number of likely N-dealkylation sites (N-methyl/N-ethyl adjacent to an activating group) is 1. The van der Waals surface area contributed by atoms with E-state index in [1.807, 2.05) is 42.5 Å². The first-order valence-corrected chi connectivity index (χ1v) is 7.66. The number of rotatable bonds is 5. The molecule has 0 bridgehead atoms. The Morgan fingerprint density at radius 3 is 2.70 bits per heavy atom. The van der Waals surface area contributed by atoms with E-state index in [2.05, 4.69) is 10.1 Å². The predicted molar refractivity (Wildman–Crippen MR) is 87.9 cm³/mol. The molecule has 1 unspecified atom stereocenters. The van der Waals surface area contributed by atoms with Crippen molar-refractivity contribution in [3.63, 3.8) is 0 Å². The van der Waals surface area contributed by atoms with Crippen molar-refractivity contribution in [2.75, 3.05) is 13.6 Å². The number of hydrogen-bond donors (Lipinski definition) is 0. The molecule has 5 heteroatoms. The normalized spacial score (nSPS) is 16.6. The second-order valence-corrected chi connectivity index (χ2v) is 5.58. The Morgan fingerprint density at radius 1 is 1.22 bits per heavy atom. The minimum Gasteiger partial charge on any atom is -0.387 e. The third kappa shape index (κ3) is 3.74. The molecule has 2 aromatic rings. The highest BCUT2D eigenvalue weighted by molar-refractivity contribution is 6.39. The first-order chi connectivity index (χ1) is 11.2. The molecule has 5 nitrogen and oxygen atoms in total. The number of hydrogen-bond acceptors (Lipinski definition) is 4. The number of carbonyl (C=O) groups excluding carboxylic acids is 1. The van der Waals surface area contributed by atoms with Crippen LogP contribution in [-0.2, 0) is 16.1 Å². The van der Waals surface area contributed by atoms with Crippen molar-refractivity contribution in [3.05, 3.63) is 66.0 Å². The molecule has 0 radical (unpaired) electrons. The highest BCUT2D eigenvalue weighted by Crippen LogP contribution is 2.27. The first-order valence-electron chi connectivity index (χ1n) is 7.66. The lowest BCUT2D eigenvalue weighted by Crippen LogP contribution is -2.34. The van der Waals surface area contributed by atoms with Crippen molar-refractivity contribution in [1.82, 2.24) is 9.88 Å². The van der Waals surface area contributed by atoms with E-state index in [0.29, 0.717) is 18.7 Å². The molecule has 1 aromatic heterocycles. The molecule has 118 valence electrons. The second kappa shape index (κ2) is 7.05. The number of carbonyl (C=O) groups is 1. The maximum Gasteiger partial charge on any atom is 0.271 e. The largest absolute Gasteiger partial charge is 0.387 e. The van der Waals surface area contributed by atoms with Crippen LogP contribution in [0.25, 0.3) is 0 Å². The van der Waals surface area contributed by atoms with E-state index in [4.69, 9.17) is 4.84 Å². The van der Waals surface area contributed by atoms with Crippen LogP contribution in [0.15, 0.2) is 60.0 Å². The van der Waals surface area contributed by atoms with Gasteiger partial charge in [-0.25, -0.2) is 0 Å².